The van der Waals surface area contributed by atoms with E-state index in [0.29, 0.717) is 0 Å². The van der Waals surface area contributed by atoms with Crippen LogP contribution in [0, 0.1) is 0 Å². The van der Waals surface area contributed by atoms with Gasteiger partial charge < -0.3 is 4.90 Å². The standard InChI is InChI=1S/C14H24ClN3O2S/c1-4-18(5-2)10-6-7-12(3)17-21(19,20)13-8-9-16-14(15)11-13/h8-9,11-12,17H,4-7,10H2,1-3H3. The third-order valence-electron chi connectivity index (χ3n) is 3.37. The number of sulfonamides is 1. The second-order valence-electron chi connectivity index (χ2n) is 5.01. The number of nitrogens with one attached hydrogen (secondary N) is 1. The highest BCUT2D eigenvalue weighted by Crippen LogP contribution is 2.13. The molecular formula is C14H24ClN3O2S. The highest BCUT2D eigenvalue weighted by molar-refractivity contribution is 7.89. The van der Waals surface area contributed by atoms with E-state index in [2.05, 4.69) is 28.5 Å². The molecule has 0 aliphatic heterocycles. The topological polar surface area (TPSA) is 62.3 Å². The summed E-state index contributed by atoms with van der Waals surface area (Å²) in [6.45, 7) is 9.16. The van der Waals surface area contributed by atoms with E-state index in [1.54, 1.807) is 0 Å². The summed E-state index contributed by atoms with van der Waals surface area (Å²) in [7, 11) is -3.53. The molecule has 0 aromatic carbocycles. The predicted molar refractivity (Wildman–Crippen MR) is 86.1 cm³/mol. The molecule has 120 valence electrons. The van der Waals surface area contributed by atoms with Crippen LogP contribution in [-0.4, -0.2) is 44.0 Å². The van der Waals surface area contributed by atoms with Crippen molar-refractivity contribution in [1.82, 2.24) is 14.6 Å². The Morgan fingerprint density at radius 3 is 2.62 bits per heavy atom. The van der Waals surface area contributed by atoms with Crippen LogP contribution in [0.25, 0.3) is 0 Å². The van der Waals surface area contributed by atoms with Crippen molar-refractivity contribution >= 4 is 21.6 Å². The molecule has 0 aliphatic rings. The Morgan fingerprint density at radius 1 is 1.38 bits per heavy atom. The summed E-state index contributed by atoms with van der Waals surface area (Å²) in [4.78, 5) is 6.26. The van der Waals surface area contributed by atoms with Crippen molar-refractivity contribution in [3.8, 4) is 0 Å². The van der Waals surface area contributed by atoms with Gasteiger partial charge in [0.2, 0.25) is 10.0 Å². The molecule has 1 unspecified atom stereocenters. The Kier molecular flexibility index (Phi) is 7.59. The lowest BCUT2D eigenvalue weighted by Gasteiger charge is -2.19. The Bertz CT molecular complexity index is 533. The summed E-state index contributed by atoms with van der Waals surface area (Å²) in [6, 6.07) is 2.68. The molecule has 0 bridgehead atoms. The maximum atomic E-state index is 12.2. The first-order chi connectivity index (χ1) is 9.89. The van der Waals surface area contributed by atoms with E-state index in [4.69, 9.17) is 11.6 Å². The van der Waals surface area contributed by atoms with Crippen LogP contribution in [0.4, 0.5) is 0 Å². The number of aromatic nitrogens is 1. The third kappa shape index (κ3) is 6.30. The molecule has 0 aliphatic carbocycles. The molecular weight excluding hydrogens is 310 g/mol. The van der Waals surface area contributed by atoms with Crippen molar-refractivity contribution in [2.24, 2.45) is 0 Å². The summed E-state index contributed by atoms with van der Waals surface area (Å²) in [5.41, 5.74) is 0. The van der Waals surface area contributed by atoms with Gasteiger partial charge in [-0.05, 0) is 51.5 Å². The van der Waals surface area contributed by atoms with Crippen LogP contribution in [0.1, 0.15) is 33.6 Å². The zero-order chi connectivity index (χ0) is 15.9. The van der Waals surface area contributed by atoms with Crippen molar-refractivity contribution in [2.75, 3.05) is 19.6 Å². The average molecular weight is 334 g/mol. The van der Waals surface area contributed by atoms with Gasteiger partial charge in [0.25, 0.3) is 0 Å². The Balaban J connectivity index is 2.52. The predicted octanol–water partition coefficient (Wildman–Crippen LogP) is 2.52. The van der Waals surface area contributed by atoms with Crippen molar-refractivity contribution in [3.05, 3.63) is 23.5 Å². The van der Waals surface area contributed by atoms with Gasteiger partial charge in [-0.25, -0.2) is 18.1 Å². The number of nitrogens with zero attached hydrogens (tertiary/aromatic N) is 2. The van der Waals surface area contributed by atoms with E-state index in [9.17, 15) is 8.42 Å². The summed E-state index contributed by atoms with van der Waals surface area (Å²) in [5.74, 6) is 0. The van der Waals surface area contributed by atoms with Crippen LogP contribution in [-0.2, 0) is 10.0 Å². The lowest BCUT2D eigenvalue weighted by molar-refractivity contribution is 0.293. The van der Waals surface area contributed by atoms with Gasteiger partial charge in [0, 0.05) is 12.2 Å². The summed E-state index contributed by atoms with van der Waals surface area (Å²) in [5, 5.41) is 0.173. The average Bonchev–Trinajstić information content (AvgIpc) is 2.43. The molecule has 0 fully saturated rings. The Labute approximate surface area is 132 Å². The SMILES string of the molecule is CCN(CC)CCCC(C)NS(=O)(=O)c1ccnc(Cl)c1. The van der Waals surface area contributed by atoms with Crippen LogP contribution in [0.2, 0.25) is 5.15 Å². The van der Waals surface area contributed by atoms with E-state index in [-0.39, 0.29) is 16.1 Å². The fourth-order valence-electron chi connectivity index (χ4n) is 2.10. The molecule has 1 atom stereocenters. The van der Waals surface area contributed by atoms with Gasteiger partial charge >= 0.3 is 0 Å². The monoisotopic (exact) mass is 333 g/mol. The molecule has 0 saturated carbocycles. The number of hydrogen-bond donors (Lipinski definition) is 1. The fraction of sp³-hybridized carbons (Fsp3) is 0.643. The fourth-order valence-corrected chi connectivity index (χ4v) is 3.63. The van der Waals surface area contributed by atoms with Gasteiger partial charge in [-0.2, -0.15) is 0 Å². The smallest absolute Gasteiger partial charge is 0.240 e. The molecule has 21 heavy (non-hydrogen) atoms. The van der Waals surface area contributed by atoms with Crippen LogP contribution in [0.15, 0.2) is 23.2 Å². The van der Waals surface area contributed by atoms with Crippen LogP contribution < -0.4 is 4.72 Å². The van der Waals surface area contributed by atoms with Crippen LogP contribution >= 0.6 is 11.6 Å². The summed E-state index contributed by atoms with van der Waals surface area (Å²) >= 11 is 5.73. The molecule has 1 heterocycles. The molecule has 1 rings (SSSR count). The molecule has 0 amide bonds. The van der Waals surface area contributed by atoms with Gasteiger partial charge in [0.1, 0.15) is 5.15 Å². The first-order valence-electron chi connectivity index (χ1n) is 7.25. The first kappa shape index (κ1) is 18.4. The second-order valence-corrected chi connectivity index (χ2v) is 7.11. The van der Waals surface area contributed by atoms with Gasteiger partial charge in [0.05, 0.1) is 4.90 Å². The van der Waals surface area contributed by atoms with Gasteiger partial charge in [0.15, 0.2) is 0 Å². The van der Waals surface area contributed by atoms with E-state index >= 15 is 0 Å². The molecule has 1 aromatic rings. The zero-order valence-corrected chi connectivity index (χ0v) is 14.4. The lowest BCUT2D eigenvalue weighted by atomic mass is 10.2. The van der Waals surface area contributed by atoms with Crippen molar-refractivity contribution < 1.29 is 8.42 Å². The quantitative estimate of drug-likeness (QED) is 0.705. The molecule has 0 spiro atoms. The third-order valence-corrected chi connectivity index (χ3v) is 5.16. The minimum absolute atomic E-state index is 0.113. The number of rotatable bonds is 9. The molecule has 0 saturated heterocycles. The molecule has 1 N–H and O–H groups in total. The minimum Gasteiger partial charge on any atom is -0.304 e. The Hall–Kier alpha value is -0.690. The van der Waals surface area contributed by atoms with Gasteiger partial charge in [-0.15, -0.1) is 0 Å². The van der Waals surface area contributed by atoms with Crippen molar-refractivity contribution in [2.45, 2.75) is 44.6 Å². The Morgan fingerprint density at radius 2 is 2.05 bits per heavy atom. The van der Waals surface area contributed by atoms with E-state index < -0.39 is 10.0 Å². The highest BCUT2D eigenvalue weighted by Gasteiger charge is 2.17. The normalized spacial score (nSPS) is 13.6. The van der Waals surface area contributed by atoms with E-state index in [1.807, 2.05) is 6.92 Å². The van der Waals surface area contributed by atoms with Crippen LogP contribution in [0.3, 0.4) is 0 Å². The maximum Gasteiger partial charge on any atom is 0.240 e. The number of pyridine rings is 1. The summed E-state index contributed by atoms with van der Waals surface area (Å²) in [6.07, 6.45) is 3.15. The second kappa shape index (κ2) is 8.68. The first-order valence-corrected chi connectivity index (χ1v) is 9.11. The summed E-state index contributed by atoms with van der Waals surface area (Å²) < 4.78 is 27.1. The van der Waals surface area contributed by atoms with E-state index in [1.165, 1.54) is 18.3 Å². The van der Waals surface area contributed by atoms with E-state index in [0.717, 1.165) is 32.5 Å². The molecule has 1 aromatic heterocycles. The highest BCUT2D eigenvalue weighted by atomic mass is 35.5. The zero-order valence-electron chi connectivity index (χ0n) is 12.8. The molecule has 0 radical (unpaired) electrons. The molecule has 5 nitrogen and oxygen atoms in total. The lowest BCUT2D eigenvalue weighted by Crippen LogP contribution is -2.33. The van der Waals surface area contributed by atoms with Gasteiger partial charge in [-0.1, -0.05) is 25.4 Å². The van der Waals surface area contributed by atoms with Crippen molar-refractivity contribution in [3.63, 3.8) is 0 Å². The van der Waals surface area contributed by atoms with Crippen molar-refractivity contribution in [1.29, 1.82) is 0 Å². The van der Waals surface area contributed by atoms with Crippen LogP contribution in [0.5, 0.6) is 0 Å². The number of halogens is 1. The number of hydrogen-bond acceptors (Lipinski definition) is 4. The largest absolute Gasteiger partial charge is 0.304 e. The maximum absolute atomic E-state index is 12.2. The molecule has 7 heteroatoms. The minimum atomic E-state index is -3.53. The van der Waals surface area contributed by atoms with Gasteiger partial charge in [-0.3, -0.25) is 0 Å².